The van der Waals surface area contributed by atoms with Crippen LogP contribution in [0.15, 0.2) is 29.4 Å². The van der Waals surface area contributed by atoms with Gasteiger partial charge in [0.1, 0.15) is 23.9 Å². The molecule has 0 fully saturated rings. The van der Waals surface area contributed by atoms with Crippen molar-refractivity contribution in [2.24, 2.45) is 0 Å². The Kier molecular flexibility index (Phi) is 5.54. The smallest absolute Gasteiger partial charge is 0.161 e. The van der Waals surface area contributed by atoms with E-state index in [-0.39, 0.29) is 6.61 Å². The molecule has 140 valence electrons. The number of fused-ring (bicyclic) bond motifs is 1. The average molecular weight is 378 g/mol. The van der Waals surface area contributed by atoms with Crippen LogP contribution < -0.4 is 5.73 Å². The lowest BCUT2D eigenvalue weighted by Crippen LogP contribution is -2.36. The van der Waals surface area contributed by atoms with Crippen LogP contribution in [0.4, 0.5) is 5.82 Å². The van der Waals surface area contributed by atoms with Crippen LogP contribution in [0.1, 0.15) is 20.1 Å². The summed E-state index contributed by atoms with van der Waals surface area (Å²) in [5.41, 5.74) is 8.37. The molecule has 9 heteroatoms. The Hall–Kier alpha value is -2.04. The summed E-state index contributed by atoms with van der Waals surface area (Å²) in [6.45, 7) is 2.71. The molecule has 4 atom stereocenters. The maximum atomic E-state index is 10.3. The molecular formula is C17H22N4O4S. The van der Waals surface area contributed by atoms with E-state index in [1.54, 1.807) is 29.0 Å². The third kappa shape index (κ3) is 3.44. The number of thiophene rings is 1. The van der Waals surface area contributed by atoms with Crippen molar-refractivity contribution in [3.05, 3.63) is 29.4 Å². The number of nitrogens with zero attached hydrogens (tertiary/aromatic N) is 3. The van der Waals surface area contributed by atoms with E-state index in [0.29, 0.717) is 16.9 Å². The number of anilines is 1. The minimum atomic E-state index is -0.926. The SMILES string of the molecule is CC(O)C(CO)OC(C(C)O)n1cc(-c2ccsc2)c2c(N)ncnc21. The first kappa shape index (κ1) is 18.7. The minimum absolute atomic E-state index is 0.327. The highest BCUT2D eigenvalue weighted by Gasteiger charge is 2.28. The lowest BCUT2D eigenvalue weighted by Gasteiger charge is -2.28. The molecule has 0 amide bonds. The third-order valence-corrected chi connectivity index (χ3v) is 4.87. The van der Waals surface area contributed by atoms with Crippen molar-refractivity contribution in [3.63, 3.8) is 0 Å². The lowest BCUT2D eigenvalue weighted by atomic mass is 10.1. The summed E-state index contributed by atoms with van der Waals surface area (Å²) in [5, 5.41) is 34.1. The number of nitrogens with two attached hydrogens (primary N) is 1. The zero-order valence-corrected chi connectivity index (χ0v) is 15.3. The minimum Gasteiger partial charge on any atom is -0.394 e. The maximum absolute atomic E-state index is 10.3. The summed E-state index contributed by atoms with van der Waals surface area (Å²) in [6.07, 6.45) is -0.403. The van der Waals surface area contributed by atoms with Gasteiger partial charge in [-0.25, -0.2) is 9.97 Å². The number of hydrogen-bond donors (Lipinski definition) is 4. The van der Waals surface area contributed by atoms with Gasteiger partial charge in [0.2, 0.25) is 0 Å². The molecule has 3 aromatic rings. The highest BCUT2D eigenvalue weighted by Crippen LogP contribution is 2.36. The van der Waals surface area contributed by atoms with Gasteiger partial charge in [-0.3, -0.25) is 0 Å². The Morgan fingerprint density at radius 2 is 2.04 bits per heavy atom. The maximum Gasteiger partial charge on any atom is 0.161 e. The molecule has 5 N–H and O–H groups in total. The largest absolute Gasteiger partial charge is 0.394 e. The molecule has 0 spiro atoms. The van der Waals surface area contributed by atoms with Crippen LogP contribution in [-0.4, -0.2) is 54.8 Å². The van der Waals surface area contributed by atoms with Crippen molar-refractivity contribution in [3.8, 4) is 11.1 Å². The van der Waals surface area contributed by atoms with E-state index in [9.17, 15) is 15.3 Å². The standard InChI is InChI=1S/C17H22N4O4S/c1-9(23)13(6-22)25-17(10(2)24)21-5-12(11-3-4-26-7-11)14-15(18)19-8-20-16(14)21/h3-5,7-10,13,17,22-24H,6H2,1-2H3,(H2,18,19,20). The lowest BCUT2D eigenvalue weighted by molar-refractivity contribution is -0.152. The van der Waals surface area contributed by atoms with Gasteiger partial charge in [0.25, 0.3) is 0 Å². The first-order chi connectivity index (χ1) is 12.4. The molecule has 3 aromatic heterocycles. The fourth-order valence-electron chi connectivity index (χ4n) is 2.84. The first-order valence-corrected chi connectivity index (χ1v) is 9.14. The van der Waals surface area contributed by atoms with Crippen LogP contribution >= 0.6 is 11.3 Å². The van der Waals surface area contributed by atoms with Gasteiger partial charge >= 0.3 is 0 Å². The number of aromatic nitrogens is 3. The third-order valence-electron chi connectivity index (χ3n) is 4.19. The van der Waals surface area contributed by atoms with Gasteiger partial charge in [-0.1, -0.05) is 0 Å². The van der Waals surface area contributed by atoms with Crippen LogP contribution in [0.3, 0.4) is 0 Å². The van der Waals surface area contributed by atoms with E-state index < -0.39 is 24.5 Å². The number of nitrogen functional groups attached to an aromatic ring is 1. The topological polar surface area (TPSA) is 127 Å². The highest BCUT2D eigenvalue weighted by atomic mass is 32.1. The molecule has 4 unspecified atom stereocenters. The second-order valence-corrected chi connectivity index (χ2v) is 6.93. The molecule has 0 aliphatic heterocycles. The second kappa shape index (κ2) is 7.68. The average Bonchev–Trinajstić information content (AvgIpc) is 3.23. The van der Waals surface area contributed by atoms with Gasteiger partial charge in [0.15, 0.2) is 6.23 Å². The number of aliphatic hydroxyl groups excluding tert-OH is 3. The monoisotopic (exact) mass is 378 g/mol. The van der Waals surface area contributed by atoms with Crippen molar-refractivity contribution in [2.45, 2.75) is 38.4 Å². The zero-order chi connectivity index (χ0) is 18.8. The Morgan fingerprint density at radius 3 is 2.62 bits per heavy atom. The summed E-state index contributed by atoms with van der Waals surface area (Å²) >= 11 is 1.55. The van der Waals surface area contributed by atoms with Crippen LogP contribution in [0.2, 0.25) is 0 Å². The molecule has 3 rings (SSSR count). The van der Waals surface area contributed by atoms with Crippen molar-refractivity contribution >= 4 is 28.2 Å². The van der Waals surface area contributed by atoms with Gasteiger partial charge < -0.3 is 30.4 Å². The molecule has 8 nitrogen and oxygen atoms in total. The van der Waals surface area contributed by atoms with E-state index in [1.807, 2.05) is 16.8 Å². The van der Waals surface area contributed by atoms with E-state index >= 15 is 0 Å². The van der Waals surface area contributed by atoms with Crippen LogP contribution in [0.5, 0.6) is 0 Å². The molecule has 0 saturated heterocycles. The fourth-order valence-corrected chi connectivity index (χ4v) is 3.49. The van der Waals surface area contributed by atoms with Crippen LogP contribution in [0.25, 0.3) is 22.2 Å². The van der Waals surface area contributed by atoms with Gasteiger partial charge in [-0.05, 0) is 36.2 Å². The summed E-state index contributed by atoms with van der Waals surface area (Å²) in [7, 11) is 0. The van der Waals surface area contributed by atoms with Crippen molar-refractivity contribution < 1.29 is 20.1 Å². The number of rotatable bonds is 7. The first-order valence-electron chi connectivity index (χ1n) is 8.20. The quantitative estimate of drug-likeness (QED) is 0.489. The summed E-state index contributed by atoms with van der Waals surface area (Å²) in [6, 6.07) is 1.96. The summed E-state index contributed by atoms with van der Waals surface area (Å²) in [5.74, 6) is 0.327. The molecular weight excluding hydrogens is 356 g/mol. The van der Waals surface area contributed by atoms with Crippen molar-refractivity contribution in [2.75, 3.05) is 12.3 Å². The number of hydrogen-bond acceptors (Lipinski definition) is 8. The molecule has 0 bridgehead atoms. The molecule has 0 saturated carbocycles. The highest BCUT2D eigenvalue weighted by molar-refractivity contribution is 7.08. The molecule has 0 aliphatic rings. The van der Waals surface area contributed by atoms with E-state index in [0.717, 1.165) is 11.1 Å². The summed E-state index contributed by atoms with van der Waals surface area (Å²) < 4.78 is 7.46. The zero-order valence-electron chi connectivity index (χ0n) is 14.5. The normalized spacial score (nSPS) is 16.5. The van der Waals surface area contributed by atoms with Crippen molar-refractivity contribution in [1.82, 2.24) is 14.5 Å². The van der Waals surface area contributed by atoms with Gasteiger partial charge in [0.05, 0.1) is 24.2 Å². The Bertz CT molecular complexity index is 863. The van der Waals surface area contributed by atoms with E-state index in [1.165, 1.54) is 13.3 Å². The Labute approximate surface area is 154 Å². The molecule has 3 heterocycles. The fraction of sp³-hybridized carbons (Fsp3) is 0.412. The Balaban J connectivity index is 2.15. The van der Waals surface area contributed by atoms with Gasteiger partial charge in [-0.2, -0.15) is 11.3 Å². The molecule has 0 aromatic carbocycles. The predicted molar refractivity (Wildman–Crippen MR) is 99.6 cm³/mol. The van der Waals surface area contributed by atoms with E-state index in [2.05, 4.69) is 9.97 Å². The van der Waals surface area contributed by atoms with Gasteiger partial charge in [-0.15, -0.1) is 0 Å². The van der Waals surface area contributed by atoms with Gasteiger partial charge in [0, 0.05) is 11.8 Å². The van der Waals surface area contributed by atoms with Crippen molar-refractivity contribution in [1.29, 1.82) is 0 Å². The Morgan fingerprint density at radius 1 is 1.27 bits per heavy atom. The molecule has 0 radical (unpaired) electrons. The number of ether oxygens (including phenoxy) is 1. The number of aliphatic hydroxyl groups is 3. The van der Waals surface area contributed by atoms with E-state index in [4.69, 9.17) is 10.5 Å². The predicted octanol–water partition coefficient (Wildman–Crippen LogP) is 1.38. The second-order valence-electron chi connectivity index (χ2n) is 6.15. The molecule has 26 heavy (non-hydrogen) atoms. The van der Waals surface area contributed by atoms with Crippen LogP contribution in [-0.2, 0) is 4.74 Å². The summed E-state index contributed by atoms with van der Waals surface area (Å²) in [4.78, 5) is 8.39. The molecule has 0 aliphatic carbocycles. The van der Waals surface area contributed by atoms with Crippen LogP contribution in [0, 0.1) is 0 Å².